The van der Waals surface area contributed by atoms with Gasteiger partial charge in [-0.3, -0.25) is 4.90 Å². The molecule has 0 bridgehead atoms. The lowest BCUT2D eigenvalue weighted by Gasteiger charge is -2.30. The van der Waals surface area contributed by atoms with Crippen LogP contribution in [0.5, 0.6) is 0 Å². The summed E-state index contributed by atoms with van der Waals surface area (Å²) in [5.41, 5.74) is 2.60. The highest BCUT2D eigenvalue weighted by Crippen LogP contribution is 2.31. The first-order chi connectivity index (χ1) is 12.9. The first kappa shape index (κ1) is 19.2. The summed E-state index contributed by atoms with van der Waals surface area (Å²) >= 11 is 0. The molecule has 3 aromatic carbocycles. The molecule has 0 aliphatic heterocycles. The van der Waals surface area contributed by atoms with Gasteiger partial charge < -0.3 is 0 Å². The van der Waals surface area contributed by atoms with Gasteiger partial charge in [-0.2, -0.15) is 13.2 Å². The minimum atomic E-state index is -4.31. The molecule has 3 rings (SSSR count). The van der Waals surface area contributed by atoms with E-state index in [0.717, 1.165) is 30.8 Å². The predicted molar refractivity (Wildman–Crippen MR) is 102 cm³/mol. The molecule has 0 aromatic heterocycles. The average Bonchev–Trinajstić information content (AvgIpc) is 2.68. The van der Waals surface area contributed by atoms with Gasteiger partial charge >= 0.3 is 6.18 Å². The third-order valence-corrected chi connectivity index (χ3v) is 4.73. The lowest BCUT2D eigenvalue weighted by molar-refractivity contribution is -0.137. The fourth-order valence-corrected chi connectivity index (χ4v) is 3.13. The second-order valence-corrected chi connectivity index (χ2v) is 6.67. The Morgan fingerprint density at radius 2 is 1.15 bits per heavy atom. The summed E-state index contributed by atoms with van der Waals surface area (Å²) < 4.78 is 38.5. The number of alkyl halides is 3. The molecule has 140 valence electrons. The molecule has 0 unspecified atom stereocenters. The summed E-state index contributed by atoms with van der Waals surface area (Å²) in [5, 5.41) is 0. The van der Waals surface area contributed by atoms with Crippen LogP contribution in [0.1, 0.15) is 35.2 Å². The Bertz CT molecular complexity index is 786. The van der Waals surface area contributed by atoms with Crippen molar-refractivity contribution in [2.24, 2.45) is 0 Å². The van der Waals surface area contributed by atoms with E-state index < -0.39 is 11.7 Å². The van der Waals surface area contributed by atoms with Crippen molar-refractivity contribution in [1.82, 2.24) is 4.90 Å². The van der Waals surface area contributed by atoms with E-state index in [2.05, 4.69) is 29.2 Å². The van der Waals surface area contributed by atoms with E-state index in [9.17, 15) is 13.2 Å². The standard InChI is InChI=1S/C23H22F3N/c1-18(21-12-14-22(15-13-21)23(24,25)26)27(16-19-8-4-2-5-9-19)17-20-10-6-3-7-11-20/h2-15,18H,16-17H2,1H3/t18-/m0/s1. The quantitative estimate of drug-likeness (QED) is 0.481. The number of benzene rings is 3. The second kappa shape index (κ2) is 8.40. The van der Waals surface area contributed by atoms with E-state index >= 15 is 0 Å². The maximum atomic E-state index is 12.8. The maximum Gasteiger partial charge on any atom is 0.416 e. The highest BCUT2D eigenvalue weighted by atomic mass is 19.4. The Morgan fingerprint density at radius 3 is 1.56 bits per heavy atom. The summed E-state index contributed by atoms with van der Waals surface area (Å²) in [4.78, 5) is 2.27. The summed E-state index contributed by atoms with van der Waals surface area (Å²) in [6.45, 7) is 3.48. The van der Waals surface area contributed by atoms with Crippen molar-refractivity contribution in [3.63, 3.8) is 0 Å². The third-order valence-electron chi connectivity index (χ3n) is 4.73. The van der Waals surface area contributed by atoms with E-state index in [1.165, 1.54) is 11.1 Å². The van der Waals surface area contributed by atoms with Crippen LogP contribution in [0.4, 0.5) is 13.2 Å². The van der Waals surface area contributed by atoms with Gasteiger partial charge in [0.15, 0.2) is 0 Å². The number of nitrogens with zero attached hydrogens (tertiary/aromatic N) is 1. The largest absolute Gasteiger partial charge is 0.416 e. The highest BCUT2D eigenvalue weighted by molar-refractivity contribution is 5.27. The Balaban J connectivity index is 1.84. The Morgan fingerprint density at radius 1 is 0.704 bits per heavy atom. The fourth-order valence-electron chi connectivity index (χ4n) is 3.13. The van der Waals surface area contributed by atoms with Crippen molar-refractivity contribution in [1.29, 1.82) is 0 Å². The molecule has 27 heavy (non-hydrogen) atoms. The van der Waals surface area contributed by atoms with Crippen molar-refractivity contribution in [3.8, 4) is 0 Å². The van der Waals surface area contributed by atoms with E-state index in [1.54, 1.807) is 12.1 Å². The smallest absolute Gasteiger partial charge is 0.288 e. The Labute approximate surface area is 158 Å². The van der Waals surface area contributed by atoms with Crippen LogP contribution in [-0.4, -0.2) is 4.90 Å². The lowest BCUT2D eigenvalue weighted by Crippen LogP contribution is -2.26. The van der Waals surface area contributed by atoms with Gasteiger partial charge in [0.2, 0.25) is 0 Å². The molecular formula is C23H22F3N. The Kier molecular flexibility index (Phi) is 5.97. The first-order valence-electron chi connectivity index (χ1n) is 8.92. The second-order valence-electron chi connectivity index (χ2n) is 6.67. The molecule has 0 amide bonds. The van der Waals surface area contributed by atoms with E-state index in [1.807, 2.05) is 43.3 Å². The van der Waals surface area contributed by atoms with E-state index in [4.69, 9.17) is 0 Å². The number of hydrogen-bond donors (Lipinski definition) is 0. The molecule has 0 N–H and O–H groups in total. The van der Waals surface area contributed by atoms with Crippen LogP contribution in [0.25, 0.3) is 0 Å². The van der Waals surface area contributed by atoms with Gasteiger partial charge in [0, 0.05) is 19.1 Å². The van der Waals surface area contributed by atoms with Crippen LogP contribution in [0.2, 0.25) is 0 Å². The van der Waals surface area contributed by atoms with Crippen LogP contribution in [0.15, 0.2) is 84.9 Å². The maximum absolute atomic E-state index is 12.8. The first-order valence-corrected chi connectivity index (χ1v) is 8.92. The van der Waals surface area contributed by atoms with Gasteiger partial charge in [-0.25, -0.2) is 0 Å². The molecule has 0 saturated heterocycles. The van der Waals surface area contributed by atoms with Crippen molar-refractivity contribution in [2.75, 3.05) is 0 Å². The molecule has 0 heterocycles. The van der Waals surface area contributed by atoms with Gasteiger partial charge in [0.1, 0.15) is 0 Å². The van der Waals surface area contributed by atoms with Crippen LogP contribution in [0.3, 0.4) is 0 Å². The van der Waals surface area contributed by atoms with Crippen molar-refractivity contribution >= 4 is 0 Å². The number of halogens is 3. The number of rotatable bonds is 6. The monoisotopic (exact) mass is 369 g/mol. The zero-order valence-electron chi connectivity index (χ0n) is 15.2. The average molecular weight is 369 g/mol. The lowest BCUT2D eigenvalue weighted by atomic mass is 10.0. The van der Waals surface area contributed by atoms with Gasteiger partial charge in [0.25, 0.3) is 0 Å². The molecule has 1 atom stereocenters. The summed E-state index contributed by atoms with van der Waals surface area (Å²) in [7, 11) is 0. The van der Waals surface area contributed by atoms with Gasteiger partial charge in [-0.05, 0) is 35.7 Å². The molecule has 0 fully saturated rings. The summed E-state index contributed by atoms with van der Waals surface area (Å²) in [6, 6.07) is 25.7. The molecule has 1 nitrogen and oxygen atoms in total. The number of hydrogen-bond acceptors (Lipinski definition) is 1. The molecule has 0 aliphatic rings. The molecule has 0 aliphatic carbocycles. The van der Waals surface area contributed by atoms with Crippen LogP contribution in [0, 0.1) is 0 Å². The van der Waals surface area contributed by atoms with Crippen LogP contribution >= 0.6 is 0 Å². The molecular weight excluding hydrogens is 347 g/mol. The van der Waals surface area contributed by atoms with E-state index in [-0.39, 0.29) is 6.04 Å². The minimum Gasteiger partial charge on any atom is -0.288 e. The van der Waals surface area contributed by atoms with Crippen molar-refractivity contribution < 1.29 is 13.2 Å². The minimum absolute atomic E-state index is 0.0207. The predicted octanol–water partition coefficient (Wildman–Crippen LogP) is 6.47. The molecule has 0 spiro atoms. The third kappa shape index (κ3) is 5.20. The van der Waals surface area contributed by atoms with Gasteiger partial charge in [-0.15, -0.1) is 0 Å². The molecule has 4 heteroatoms. The Hall–Kier alpha value is -2.59. The molecule has 0 saturated carbocycles. The van der Waals surface area contributed by atoms with Crippen molar-refractivity contribution in [2.45, 2.75) is 32.2 Å². The zero-order valence-corrected chi connectivity index (χ0v) is 15.2. The molecule has 0 radical (unpaired) electrons. The van der Waals surface area contributed by atoms with Gasteiger partial charge in [0.05, 0.1) is 5.56 Å². The highest BCUT2D eigenvalue weighted by Gasteiger charge is 2.30. The van der Waals surface area contributed by atoms with Crippen LogP contribution < -0.4 is 0 Å². The normalized spacial score (nSPS) is 12.9. The molecule has 3 aromatic rings. The van der Waals surface area contributed by atoms with Gasteiger partial charge in [-0.1, -0.05) is 72.8 Å². The SMILES string of the molecule is C[C@@H](c1ccc(C(F)(F)F)cc1)N(Cc1ccccc1)Cc1ccccc1. The van der Waals surface area contributed by atoms with E-state index in [0.29, 0.717) is 0 Å². The zero-order chi connectivity index (χ0) is 19.3. The topological polar surface area (TPSA) is 3.24 Å². The summed E-state index contributed by atoms with van der Waals surface area (Å²) in [5.74, 6) is 0. The fraction of sp³-hybridized carbons (Fsp3) is 0.217. The van der Waals surface area contributed by atoms with Crippen LogP contribution in [-0.2, 0) is 19.3 Å². The summed E-state index contributed by atoms with van der Waals surface area (Å²) in [6.07, 6.45) is -4.31. The van der Waals surface area contributed by atoms with Crippen molar-refractivity contribution in [3.05, 3.63) is 107 Å².